The first-order valence-corrected chi connectivity index (χ1v) is 9.04. The number of rotatable bonds is 7. The van der Waals surface area contributed by atoms with Crippen LogP contribution in [0.25, 0.3) is 0 Å². The van der Waals surface area contributed by atoms with Gasteiger partial charge >= 0.3 is 5.97 Å². The van der Waals surface area contributed by atoms with Crippen LogP contribution in [0.3, 0.4) is 0 Å². The van der Waals surface area contributed by atoms with Gasteiger partial charge in [0, 0.05) is 12.6 Å². The van der Waals surface area contributed by atoms with E-state index in [9.17, 15) is 4.79 Å². The van der Waals surface area contributed by atoms with Crippen LogP contribution in [0.15, 0.2) is 46.9 Å². The van der Waals surface area contributed by atoms with Gasteiger partial charge in [0.2, 0.25) is 5.88 Å². The van der Waals surface area contributed by atoms with E-state index in [0.717, 1.165) is 16.8 Å². The molecular weight excluding hydrogens is 366 g/mol. The summed E-state index contributed by atoms with van der Waals surface area (Å²) in [5, 5.41) is 10.2. The number of oxime groups is 1. The molecular formula is C19H19N3O4S. The minimum absolute atomic E-state index is 0.165. The van der Waals surface area contributed by atoms with E-state index in [1.165, 1.54) is 18.4 Å². The van der Waals surface area contributed by atoms with Crippen LogP contribution < -0.4 is 4.74 Å². The number of methoxy groups -OCH3 is 1. The molecule has 0 atom stereocenters. The van der Waals surface area contributed by atoms with Crippen molar-refractivity contribution >= 4 is 23.5 Å². The van der Waals surface area contributed by atoms with Gasteiger partial charge in [0.25, 0.3) is 0 Å². The molecule has 27 heavy (non-hydrogen) atoms. The van der Waals surface area contributed by atoms with E-state index in [1.807, 2.05) is 48.7 Å². The molecule has 2 aromatic heterocycles. The zero-order valence-corrected chi connectivity index (χ0v) is 16.0. The van der Waals surface area contributed by atoms with Crippen LogP contribution in [0.4, 0.5) is 0 Å². The van der Waals surface area contributed by atoms with Crippen molar-refractivity contribution in [1.82, 2.24) is 9.78 Å². The van der Waals surface area contributed by atoms with Crippen LogP contribution in [0.5, 0.6) is 11.6 Å². The molecule has 0 amide bonds. The third-order valence-electron chi connectivity index (χ3n) is 3.77. The highest BCUT2D eigenvalue weighted by atomic mass is 32.1. The second-order valence-corrected chi connectivity index (χ2v) is 6.53. The first-order chi connectivity index (χ1) is 13.1. The van der Waals surface area contributed by atoms with Gasteiger partial charge in [0.1, 0.15) is 17.2 Å². The van der Waals surface area contributed by atoms with Gasteiger partial charge in [0.15, 0.2) is 0 Å². The Bertz CT molecular complexity index is 947. The second kappa shape index (κ2) is 8.50. The van der Waals surface area contributed by atoms with Gasteiger partial charge in [-0.15, -0.1) is 11.3 Å². The zero-order chi connectivity index (χ0) is 19.2. The van der Waals surface area contributed by atoms with Crippen molar-refractivity contribution in [3.63, 3.8) is 0 Å². The Morgan fingerprint density at radius 3 is 2.81 bits per heavy atom. The lowest BCUT2D eigenvalue weighted by Crippen LogP contribution is -2.02. The third kappa shape index (κ3) is 4.35. The summed E-state index contributed by atoms with van der Waals surface area (Å²) < 4.78 is 12.3. The van der Waals surface area contributed by atoms with E-state index < -0.39 is 0 Å². The van der Waals surface area contributed by atoms with Crippen LogP contribution in [0.1, 0.15) is 26.5 Å². The molecule has 0 aliphatic heterocycles. The van der Waals surface area contributed by atoms with Gasteiger partial charge in [-0.2, -0.15) is 5.10 Å². The number of benzene rings is 1. The number of aromatic nitrogens is 2. The number of nitrogens with zero attached hydrogens (tertiary/aromatic N) is 3. The maximum atomic E-state index is 11.7. The van der Waals surface area contributed by atoms with Gasteiger partial charge in [0.05, 0.1) is 24.6 Å². The first kappa shape index (κ1) is 18.7. The third-order valence-corrected chi connectivity index (χ3v) is 4.70. The van der Waals surface area contributed by atoms with Crippen molar-refractivity contribution in [1.29, 1.82) is 0 Å². The van der Waals surface area contributed by atoms with Gasteiger partial charge < -0.3 is 14.3 Å². The van der Waals surface area contributed by atoms with E-state index in [-0.39, 0.29) is 12.6 Å². The maximum absolute atomic E-state index is 11.7. The Balaban J connectivity index is 1.71. The fourth-order valence-corrected chi connectivity index (χ4v) is 3.27. The average molecular weight is 385 g/mol. The Morgan fingerprint density at radius 2 is 2.07 bits per heavy atom. The minimum atomic E-state index is -0.380. The van der Waals surface area contributed by atoms with Crippen molar-refractivity contribution in [3.8, 4) is 11.6 Å². The van der Waals surface area contributed by atoms with Crippen LogP contribution in [-0.2, 0) is 23.2 Å². The van der Waals surface area contributed by atoms with E-state index in [1.54, 1.807) is 17.9 Å². The van der Waals surface area contributed by atoms with Crippen molar-refractivity contribution in [2.45, 2.75) is 13.5 Å². The predicted molar refractivity (Wildman–Crippen MR) is 103 cm³/mol. The largest absolute Gasteiger partial charge is 0.465 e. The first-order valence-electron chi connectivity index (χ1n) is 8.16. The normalized spacial score (nSPS) is 10.9. The standard InChI is InChI=1S/C19H19N3O4S/c1-13-16(18(22(2)21-13)26-15-7-5-4-6-8-15)11-20-25-12-14-9-10-27-17(14)19(23)24-3/h4-11H,12H2,1-3H3. The smallest absolute Gasteiger partial charge is 0.348 e. The lowest BCUT2D eigenvalue weighted by atomic mass is 10.3. The van der Waals surface area contributed by atoms with E-state index in [4.69, 9.17) is 14.3 Å². The summed E-state index contributed by atoms with van der Waals surface area (Å²) in [4.78, 5) is 17.6. The number of ether oxygens (including phenoxy) is 2. The lowest BCUT2D eigenvalue weighted by molar-refractivity contribution is 0.0599. The van der Waals surface area contributed by atoms with Crippen molar-refractivity contribution in [2.75, 3.05) is 7.11 Å². The summed E-state index contributed by atoms with van der Waals surface area (Å²) in [5.41, 5.74) is 2.22. The quantitative estimate of drug-likeness (QED) is 0.350. The molecule has 2 heterocycles. The van der Waals surface area contributed by atoms with Gasteiger partial charge in [-0.25, -0.2) is 9.48 Å². The van der Waals surface area contributed by atoms with Crippen molar-refractivity contribution in [2.24, 2.45) is 12.2 Å². The molecule has 0 N–H and O–H groups in total. The number of thiophene rings is 1. The Labute approximate surface area is 160 Å². The molecule has 0 aliphatic rings. The number of esters is 1. The molecule has 0 fully saturated rings. The summed E-state index contributed by atoms with van der Waals surface area (Å²) >= 11 is 1.31. The SMILES string of the molecule is COC(=O)c1sccc1CON=Cc1c(C)nn(C)c1Oc1ccccc1. The summed E-state index contributed by atoms with van der Waals surface area (Å²) in [7, 11) is 3.15. The highest BCUT2D eigenvalue weighted by Gasteiger charge is 2.15. The molecule has 0 spiro atoms. The molecule has 0 unspecified atom stereocenters. The minimum Gasteiger partial charge on any atom is -0.465 e. The maximum Gasteiger partial charge on any atom is 0.348 e. The molecule has 0 bridgehead atoms. The number of aryl methyl sites for hydroxylation is 2. The van der Waals surface area contributed by atoms with Crippen molar-refractivity contribution < 1.29 is 19.1 Å². The Hall–Kier alpha value is -3.13. The highest BCUT2D eigenvalue weighted by molar-refractivity contribution is 7.12. The molecule has 8 heteroatoms. The predicted octanol–water partition coefficient (Wildman–Crippen LogP) is 3.92. The number of para-hydroxylation sites is 1. The van der Waals surface area contributed by atoms with Crippen LogP contribution in [0.2, 0.25) is 0 Å². The van der Waals surface area contributed by atoms with Gasteiger partial charge in [-0.05, 0) is 30.5 Å². The van der Waals surface area contributed by atoms with Crippen LogP contribution in [0, 0.1) is 6.92 Å². The molecule has 0 radical (unpaired) electrons. The van der Waals surface area contributed by atoms with Gasteiger partial charge in [-0.1, -0.05) is 23.4 Å². The van der Waals surface area contributed by atoms with Crippen LogP contribution >= 0.6 is 11.3 Å². The molecule has 7 nitrogen and oxygen atoms in total. The number of hydrogen-bond donors (Lipinski definition) is 0. The number of carbonyl (C=O) groups excluding carboxylic acids is 1. The van der Waals surface area contributed by atoms with Crippen LogP contribution in [-0.4, -0.2) is 29.1 Å². The van der Waals surface area contributed by atoms with Crippen molar-refractivity contribution in [3.05, 3.63) is 63.5 Å². The molecule has 140 valence electrons. The highest BCUT2D eigenvalue weighted by Crippen LogP contribution is 2.26. The fraction of sp³-hybridized carbons (Fsp3) is 0.211. The molecule has 0 saturated carbocycles. The summed E-state index contributed by atoms with van der Waals surface area (Å²) in [6, 6.07) is 11.3. The van der Waals surface area contributed by atoms with Gasteiger partial charge in [-0.3, -0.25) is 0 Å². The summed E-state index contributed by atoms with van der Waals surface area (Å²) in [6.07, 6.45) is 1.56. The average Bonchev–Trinajstić information content (AvgIpc) is 3.24. The molecule has 0 aliphatic carbocycles. The van der Waals surface area contributed by atoms with E-state index in [2.05, 4.69) is 10.3 Å². The van der Waals surface area contributed by atoms with E-state index >= 15 is 0 Å². The summed E-state index contributed by atoms with van der Waals surface area (Å²) in [5.74, 6) is 0.892. The molecule has 0 saturated heterocycles. The second-order valence-electron chi connectivity index (χ2n) is 5.62. The number of carbonyl (C=O) groups is 1. The summed E-state index contributed by atoms with van der Waals surface area (Å²) in [6.45, 7) is 2.03. The molecule has 3 aromatic rings. The monoisotopic (exact) mass is 385 g/mol. The Morgan fingerprint density at radius 1 is 1.30 bits per heavy atom. The molecule has 3 rings (SSSR count). The molecule has 1 aromatic carbocycles. The lowest BCUT2D eigenvalue weighted by Gasteiger charge is -2.06. The zero-order valence-electron chi connectivity index (χ0n) is 15.2. The Kier molecular flexibility index (Phi) is 5.87. The van der Waals surface area contributed by atoms with E-state index in [0.29, 0.717) is 16.5 Å². The fourth-order valence-electron chi connectivity index (χ4n) is 2.44. The number of hydrogen-bond acceptors (Lipinski definition) is 7. The topological polar surface area (TPSA) is 74.9 Å².